The third-order valence-corrected chi connectivity index (χ3v) is 4.26. The molecule has 1 aliphatic carbocycles. The Morgan fingerprint density at radius 3 is 2.55 bits per heavy atom. The van der Waals surface area contributed by atoms with Crippen LogP contribution in [0.3, 0.4) is 0 Å². The molecule has 1 aliphatic rings. The summed E-state index contributed by atoms with van der Waals surface area (Å²) in [5, 5.41) is 0. The lowest BCUT2D eigenvalue weighted by Crippen LogP contribution is -2.11. The Kier molecular flexibility index (Phi) is 4.84. The SMILES string of the molecule is O=C(Cc1cccnc1)Oc1ccc(C2CCCCC2)cc1. The molecule has 1 aromatic carbocycles. The predicted octanol–water partition coefficient (Wildman–Crippen LogP) is 4.28. The number of benzene rings is 1. The molecule has 2 aromatic rings. The summed E-state index contributed by atoms with van der Waals surface area (Å²) in [5.41, 5.74) is 2.23. The van der Waals surface area contributed by atoms with Gasteiger partial charge in [0.25, 0.3) is 0 Å². The number of rotatable bonds is 4. The van der Waals surface area contributed by atoms with Crippen molar-refractivity contribution in [2.45, 2.75) is 44.4 Å². The summed E-state index contributed by atoms with van der Waals surface area (Å²) in [6.45, 7) is 0. The van der Waals surface area contributed by atoms with Crippen molar-refractivity contribution in [2.75, 3.05) is 0 Å². The fourth-order valence-corrected chi connectivity index (χ4v) is 3.08. The Hall–Kier alpha value is -2.16. The summed E-state index contributed by atoms with van der Waals surface area (Å²) < 4.78 is 5.39. The van der Waals surface area contributed by atoms with Gasteiger partial charge in [0, 0.05) is 12.4 Å². The van der Waals surface area contributed by atoms with E-state index in [1.54, 1.807) is 12.4 Å². The fraction of sp³-hybridized carbons (Fsp3) is 0.368. The summed E-state index contributed by atoms with van der Waals surface area (Å²) in [4.78, 5) is 15.9. The summed E-state index contributed by atoms with van der Waals surface area (Å²) >= 11 is 0. The van der Waals surface area contributed by atoms with E-state index in [1.807, 2.05) is 24.3 Å². The van der Waals surface area contributed by atoms with Crippen LogP contribution in [0.4, 0.5) is 0 Å². The lowest BCUT2D eigenvalue weighted by atomic mass is 9.84. The normalized spacial score (nSPS) is 15.5. The Morgan fingerprint density at radius 1 is 1.09 bits per heavy atom. The van der Waals surface area contributed by atoms with Crippen molar-refractivity contribution in [1.82, 2.24) is 4.98 Å². The number of aromatic nitrogens is 1. The third-order valence-electron chi connectivity index (χ3n) is 4.26. The number of hydrogen-bond acceptors (Lipinski definition) is 3. The number of nitrogens with zero attached hydrogens (tertiary/aromatic N) is 1. The Bertz CT molecular complexity index is 601. The number of esters is 1. The summed E-state index contributed by atoms with van der Waals surface area (Å²) in [7, 11) is 0. The second-order valence-electron chi connectivity index (χ2n) is 5.92. The van der Waals surface area contributed by atoms with Crippen LogP contribution in [-0.4, -0.2) is 11.0 Å². The van der Waals surface area contributed by atoms with Gasteiger partial charge in [0.1, 0.15) is 5.75 Å². The van der Waals surface area contributed by atoms with E-state index in [9.17, 15) is 4.79 Å². The van der Waals surface area contributed by atoms with Crippen molar-refractivity contribution in [2.24, 2.45) is 0 Å². The monoisotopic (exact) mass is 295 g/mol. The first-order valence-corrected chi connectivity index (χ1v) is 8.01. The average Bonchev–Trinajstić information content (AvgIpc) is 2.57. The molecule has 0 N–H and O–H groups in total. The molecule has 0 saturated heterocycles. The van der Waals surface area contributed by atoms with Crippen LogP contribution in [0.1, 0.15) is 49.1 Å². The maximum atomic E-state index is 11.9. The highest BCUT2D eigenvalue weighted by atomic mass is 16.5. The Labute approximate surface area is 131 Å². The number of pyridine rings is 1. The van der Waals surface area contributed by atoms with E-state index < -0.39 is 0 Å². The molecule has 1 heterocycles. The molecule has 0 unspecified atom stereocenters. The highest BCUT2D eigenvalue weighted by Crippen LogP contribution is 2.33. The van der Waals surface area contributed by atoms with Gasteiger partial charge in [-0.25, -0.2) is 0 Å². The van der Waals surface area contributed by atoms with E-state index in [2.05, 4.69) is 17.1 Å². The van der Waals surface area contributed by atoms with Gasteiger partial charge in [-0.15, -0.1) is 0 Å². The van der Waals surface area contributed by atoms with Crippen LogP contribution in [0.15, 0.2) is 48.8 Å². The van der Waals surface area contributed by atoms with Crippen molar-refractivity contribution < 1.29 is 9.53 Å². The van der Waals surface area contributed by atoms with Gasteiger partial charge >= 0.3 is 5.97 Å². The summed E-state index contributed by atoms with van der Waals surface area (Å²) in [5.74, 6) is 1.04. The minimum atomic E-state index is -0.251. The standard InChI is InChI=1S/C19H21NO2/c21-19(13-15-5-4-12-20-14-15)22-18-10-8-17(9-11-18)16-6-2-1-3-7-16/h4-5,8-12,14,16H,1-3,6-7,13H2. The van der Waals surface area contributed by atoms with E-state index in [-0.39, 0.29) is 12.4 Å². The lowest BCUT2D eigenvalue weighted by Gasteiger charge is -2.22. The molecule has 1 saturated carbocycles. The second kappa shape index (κ2) is 7.21. The molecular formula is C19H21NO2. The molecule has 0 spiro atoms. The molecule has 3 heteroatoms. The molecule has 0 radical (unpaired) electrons. The zero-order valence-corrected chi connectivity index (χ0v) is 12.7. The van der Waals surface area contributed by atoms with Crippen molar-refractivity contribution in [3.8, 4) is 5.75 Å². The minimum Gasteiger partial charge on any atom is -0.426 e. The molecule has 0 bridgehead atoms. The van der Waals surface area contributed by atoms with Gasteiger partial charge in [0.15, 0.2) is 0 Å². The van der Waals surface area contributed by atoms with Crippen LogP contribution in [0.5, 0.6) is 5.75 Å². The van der Waals surface area contributed by atoms with E-state index in [0.717, 1.165) is 5.56 Å². The number of ether oxygens (including phenoxy) is 1. The molecule has 1 fully saturated rings. The first kappa shape index (κ1) is 14.8. The van der Waals surface area contributed by atoms with Crippen LogP contribution in [0, 0.1) is 0 Å². The molecule has 0 atom stereocenters. The molecule has 3 rings (SSSR count). The van der Waals surface area contributed by atoms with Gasteiger partial charge < -0.3 is 4.74 Å². The van der Waals surface area contributed by atoms with Crippen molar-refractivity contribution in [3.05, 3.63) is 59.9 Å². The molecule has 114 valence electrons. The fourth-order valence-electron chi connectivity index (χ4n) is 3.08. The van der Waals surface area contributed by atoms with E-state index in [4.69, 9.17) is 4.74 Å². The first-order chi connectivity index (χ1) is 10.8. The maximum Gasteiger partial charge on any atom is 0.315 e. The highest BCUT2D eigenvalue weighted by molar-refractivity contribution is 5.75. The minimum absolute atomic E-state index is 0.248. The van der Waals surface area contributed by atoms with Crippen LogP contribution >= 0.6 is 0 Å². The van der Waals surface area contributed by atoms with Crippen LogP contribution in [0.2, 0.25) is 0 Å². The van der Waals surface area contributed by atoms with Gasteiger partial charge in [0.05, 0.1) is 6.42 Å². The Balaban J connectivity index is 1.57. The average molecular weight is 295 g/mol. The van der Waals surface area contributed by atoms with Crippen molar-refractivity contribution in [1.29, 1.82) is 0 Å². The first-order valence-electron chi connectivity index (χ1n) is 8.01. The third kappa shape index (κ3) is 3.94. The largest absolute Gasteiger partial charge is 0.426 e. The molecule has 22 heavy (non-hydrogen) atoms. The summed E-state index contributed by atoms with van der Waals surface area (Å²) in [6, 6.07) is 11.7. The lowest BCUT2D eigenvalue weighted by molar-refractivity contribution is -0.133. The van der Waals surface area contributed by atoms with Gasteiger partial charge in [-0.1, -0.05) is 37.5 Å². The van der Waals surface area contributed by atoms with E-state index >= 15 is 0 Å². The van der Waals surface area contributed by atoms with E-state index in [1.165, 1.54) is 37.7 Å². The van der Waals surface area contributed by atoms with Gasteiger partial charge in [-0.05, 0) is 48.1 Å². The zero-order valence-electron chi connectivity index (χ0n) is 12.7. The number of carbonyl (C=O) groups excluding carboxylic acids is 1. The van der Waals surface area contributed by atoms with Gasteiger partial charge in [-0.3, -0.25) is 9.78 Å². The zero-order chi connectivity index (χ0) is 15.2. The Morgan fingerprint density at radius 2 is 1.86 bits per heavy atom. The molecule has 1 aromatic heterocycles. The number of hydrogen-bond donors (Lipinski definition) is 0. The molecule has 3 nitrogen and oxygen atoms in total. The quantitative estimate of drug-likeness (QED) is 0.624. The molecular weight excluding hydrogens is 274 g/mol. The van der Waals surface area contributed by atoms with E-state index in [0.29, 0.717) is 11.7 Å². The topological polar surface area (TPSA) is 39.2 Å². The predicted molar refractivity (Wildman–Crippen MR) is 85.8 cm³/mol. The highest BCUT2D eigenvalue weighted by Gasteiger charge is 2.15. The second-order valence-corrected chi connectivity index (χ2v) is 5.92. The van der Waals surface area contributed by atoms with Gasteiger partial charge in [-0.2, -0.15) is 0 Å². The smallest absolute Gasteiger partial charge is 0.315 e. The summed E-state index contributed by atoms with van der Waals surface area (Å²) in [6.07, 6.45) is 10.2. The van der Waals surface area contributed by atoms with Crippen molar-refractivity contribution >= 4 is 5.97 Å². The maximum absolute atomic E-state index is 11.9. The molecule has 0 aliphatic heterocycles. The van der Waals surface area contributed by atoms with Crippen LogP contribution in [-0.2, 0) is 11.2 Å². The van der Waals surface area contributed by atoms with Gasteiger partial charge in [0.2, 0.25) is 0 Å². The van der Waals surface area contributed by atoms with Crippen molar-refractivity contribution in [3.63, 3.8) is 0 Å². The van der Waals surface area contributed by atoms with Crippen LogP contribution < -0.4 is 4.74 Å². The molecule has 0 amide bonds. The number of carbonyl (C=O) groups is 1. The van der Waals surface area contributed by atoms with Crippen LogP contribution in [0.25, 0.3) is 0 Å².